The summed E-state index contributed by atoms with van der Waals surface area (Å²) in [5.41, 5.74) is 0.207. The number of nitro benzene ring substituents is 1. The first-order valence-corrected chi connectivity index (χ1v) is 9.21. The number of nitrogens with zero attached hydrogens (tertiary/aromatic N) is 4. The maximum atomic E-state index is 13.1. The van der Waals surface area contributed by atoms with Crippen LogP contribution in [0.4, 0.5) is 16.0 Å². The molecule has 0 aliphatic heterocycles. The van der Waals surface area contributed by atoms with Gasteiger partial charge in [0.1, 0.15) is 12.1 Å². The third-order valence-corrected chi connectivity index (χ3v) is 5.13. The lowest BCUT2D eigenvalue weighted by Gasteiger charge is -2.05. The number of non-ortho nitro benzene ring substituents is 1. The van der Waals surface area contributed by atoms with Crippen molar-refractivity contribution >= 4 is 33.3 Å². The van der Waals surface area contributed by atoms with Crippen molar-refractivity contribution in [2.75, 3.05) is 4.72 Å². The van der Waals surface area contributed by atoms with Crippen LogP contribution in [0.5, 0.6) is 0 Å². The highest BCUT2D eigenvalue weighted by atomic mass is 35.5. The summed E-state index contributed by atoms with van der Waals surface area (Å²) in [5, 5.41) is 15.0. The van der Waals surface area contributed by atoms with Gasteiger partial charge in [0.15, 0.2) is 0 Å². The minimum atomic E-state index is -4.11. The van der Waals surface area contributed by atoms with Crippen LogP contribution >= 0.6 is 11.6 Å². The average molecular weight is 412 g/mol. The first-order valence-electron chi connectivity index (χ1n) is 7.35. The maximum Gasteiger partial charge on any atom is 0.270 e. The fraction of sp³-hybridized carbons (Fsp3) is 0.0667. The Kier molecular flexibility index (Phi) is 5.06. The summed E-state index contributed by atoms with van der Waals surface area (Å²) in [5.74, 6) is -0.701. The Morgan fingerprint density at radius 3 is 2.74 bits per heavy atom. The number of hydrogen-bond acceptors (Lipinski definition) is 6. The van der Waals surface area contributed by atoms with Gasteiger partial charge in [-0.25, -0.2) is 22.2 Å². The van der Waals surface area contributed by atoms with Gasteiger partial charge in [0.2, 0.25) is 0 Å². The molecule has 0 spiro atoms. The number of hydrogen-bond donors (Lipinski definition) is 1. The van der Waals surface area contributed by atoms with Gasteiger partial charge in [-0.15, -0.1) is 5.10 Å². The Morgan fingerprint density at radius 1 is 1.26 bits per heavy atom. The van der Waals surface area contributed by atoms with E-state index in [0.29, 0.717) is 5.56 Å². The normalized spacial score (nSPS) is 11.3. The minimum absolute atomic E-state index is 0.144. The molecule has 0 bridgehead atoms. The number of nitro groups is 1. The molecule has 0 saturated heterocycles. The number of halogens is 2. The molecule has 0 radical (unpaired) electrons. The largest absolute Gasteiger partial charge is 0.270 e. The molecular formula is C15H11ClFN5O4S. The minimum Gasteiger partial charge on any atom is -0.258 e. The topological polar surface area (TPSA) is 120 Å². The summed E-state index contributed by atoms with van der Waals surface area (Å²) < 4.78 is 41.2. The van der Waals surface area contributed by atoms with E-state index < -0.39 is 20.8 Å². The molecule has 3 rings (SSSR count). The van der Waals surface area contributed by atoms with E-state index in [0.717, 1.165) is 12.1 Å². The molecule has 27 heavy (non-hydrogen) atoms. The quantitative estimate of drug-likeness (QED) is 0.492. The molecule has 0 atom stereocenters. The first-order chi connectivity index (χ1) is 12.7. The number of benzene rings is 2. The van der Waals surface area contributed by atoms with E-state index in [1.54, 1.807) is 0 Å². The number of anilines is 1. The molecule has 1 heterocycles. The summed E-state index contributed by atoms with van der Waals surface area (Å²) in [7, 11) is -4.11. The van der Waals surface area contributed by atoms with Crippen molar-refractivity contribution in [2.24, 2.45) is 0 Å². The van der Waals surface area contributed by atoms with Gasteiger partial charge in [-0.05, 0) is 23.8 Å². The van der Waals surface area contributed by atoms with Gasteiger partial charge in [0.05, 0.1) is 16.4 Å². The summed E-state index contributed by atoms with van der Waals surface area (Å²) in [6.45, 7) is 0.144. The van der Waals surface area contributed by atoms with Gasteiger partial charge in [0.25, 0.3) is 21.7 Å². The monoisotopic (exact) mass is 411 g/mol. The van der Waals surface area contributed by atoms with Crippen molar-refractivity contribution in [1.82, 2.24) is 14.8 Å². The van der Waals surface area contributed by atoms with E-state index >= 15 is 0 Å². The Bertz CT molecular complexity index is 1120. The standard InChI is InChI=1S/C15H11ClFN5O4S/c16-14-6-11(17)5-4-10(14)8-21-9-18-15(19-21)20-27(25,26)13-3-1-2-12(7-13)22(23)24/h1-7,9H,8H2,(H,19,20). The third kappa shape index (κ3) is 4.38. The van der Waals surface area contributed by atoms with Gasteiger partial charge in [-0.2, -0.15) is 4.98 Å². The van der Waals surface area contributed by atoms with Crippen LogP contribution in [0.15, 0.2) is 53.7 Å². The molecule has 3 aromatic rings. The summed E-state index contributed by atoms with van der Waals surface area (Å²) in [6, 6.07) is 8.45. The zero-order valence-corrected chi connectivity index (χ0v) is 15.0. The SMILES string of the molecule is O=[N+]([O-])c1cccc(S(=O)(=O)Nc2ncn(Cc3ccc(F)cc3Cl)n2)c1. The molecule has 12 heteroatoms. The van der Waals surface area contributed by atoms with E-state index in [9.17, 15) is 22.9 Å². The van der Waals surface area contributed by atoms with E-state index in [1.165, 1.54) is 41.3 Å². The zero-order valence-electron chi connectivity index (χ0n) is 13.4. The second-order valence-corrected chi connectivity index (χ2v) is 7.45. The van der Waals surface area contributed by atoms with E-state index in [2.05, 4.69) is 14.8 Å². The van der Waals surface area contributed by atoms with Gasteiger partial charge < -0.3 is 0 Å². The Labute approximate surface area is 157 Å². The van der Waals surface area contributed by atoms with Crippen molar-refractivity contribution in [3.63, 3.8) is 0 Å². The molecule has 0 amide bonds. The Morgan fingerprint density at radius 2 is 2.04 bits per heavy atom. The molecule has 0 saturated carbocycles. The lowest BCUT2D eigenvalue weighted by atomic mass is 10.2. The fourth-order valence-corrected chi connectivity index (χ4v) is 3.40. The number of rotatable bonds is 6. The lowest BCUT2D eigenvalue weighted by molar-refractivity contribution is -0.385. The third-order valence-electron chi connectivity index (χ3n) is 3.45. The zero-order chi connectivity index (χ0) is 19.6. The lowest BCUT2D eigenvalue weighted by Crippen LogP contribution is -2.14. The van der Waals surface area contributed by atoms with Crippen LogP contribution in [-0.4, -0.2) is 28.1 Å². The summed E-state index contributed by atoms with van der Waals surface area (Å²) >= 11 is 5.95. The van der Waals surface area contributed by atoms with Crippen LogP contribution in [0.2, 0.25) is 5.02 Å². The molecule has 0 aliphatic carbocycles. The number of sulfonamides is 1. The van der Waals surface area contributed by atoms with Crippen LogP contribution in [-0.2, 0) is 16.6 Å². The highest BCUT2D eigenvalue weighted by Gasteiger charge is 2.19. The van der Waals surface area contributed by atoms with Crippen LogP contribution < -0.4 is 4.72 Å². The van der Waals surface area contributed by atoms with Gasteiger partial charge in [-0.1, -0.05) is 23.7 Å². The molecule has 1 aromatic heterocycles. The van der Waals surface area contributed by atoms with Crippen LogP contribution in [0.1, 0.15) is 5.56 Å². The number of aromatic nitrogens is 3. The Hall–Kier alpha value is -3.05. The van der Waals surface area contributed by atoms with E-state index in [4.69, 9.17) is 11.6 Å². The molecule has 2 aromatic carbocycles. The summed E-state index contributed by atoms with van der Waals surface area (Å²) in [6.07, 6.45) is 1.27. The highest BCUT2D eigenvalue weighted by Crippen LogP contribution is 2.20. The maximum absolute atomic E-state index is 13.1. The molecule has 0 aliphatic rings. The predicted molar refractivity (Wildman–Crippen MR) is 94.4 cm³/mol. The van der Waals surface area contributed by atoms with Crippen molar-refractivity contribution < 1.29 is 17.7 Å². The van der Waals surface area contributed by atoms with Gasteiger partial charge in [-0.3, -0.25) is 10.1 Å². The first kappa shape index (κ1) is 18.7. The van der Waals surface area contributed by atoms with Crippen LogP contribution in [0.25, 0.3) is 0 Å². The van der Waals surface area contributed by atoms with Crippen LogP contribution in [0, 0.1) is 15.9 Å². The van der Waals surface area contributed by atoms with E-state index in [1.807, 2.05) is 0 Å². The Balaban J connectivity index is 1.78. The van der Waals surface area contributed by atoms with Crippen molar-refractivity contribution in [3.05, 3.63) is 75.3 Å². The van der Waals surface area contributed by atoms with E-state index in [-0.39, 0.29) is 28.1 Å². The second-order valence-electron chi connectivity index (χ2n) is 5.36. The molecular weight excluding hydrogens is 401 g/mol. The smallest absolute Gasteiger partial charge is 0.258 e. The molecule has 1 N–H and O–H groups in total. The molecule has 140 valence electrons. The second kappa shape index (κ2) is 7.29. The molecule has 9 nitrogen and oxygen atoms in total. The molecule has 0 fully saturated rings. The molecule has 0 unspecified atom stereocenters. The van der Waals surface area contributed by atoms with Gasteiger partial charge >= 0.3 is 0 Å². The van der Waals surface area contributed by atoms with Crippen molar-refractivity contribution in [2.45, 2.75) is 11.4 Å². The van der Waals surface area contributed by atoms with Crippen molar-refractivity contribution in [1.29, 1.82) is 0 Å². The fourth-order valence-electron chi connectivity index (χ4n) is 2.19. The van der Waals surface area contributed by atoms with Gasteiger partial charge in [0, 0.05) is 17.2 Å². The average Bonchev–Trinajstić information content (AvgIpc) is 3.04. The number of nitrogens with one attached hydrogen (secondary N) is 1. The predicted octanol–water partition coefficient (Wildman–Crippen LogP) is 2.83. The van der Waals surface area contributed by atoms with Crippen LogP contribution in [0.3, 0.4) is 0 Å². The summed E-state index contributed by atoms with van der Waals surface area (Å²) in [4.78, 5) is 13.6. The highest BCUT2D eigenvalue weighted by molar-refractivity contribution is 7.92. The van der Waals surface area contributed by atoms with Crippen molar-refractivity contribution in [3.8, 4) is 0 Å².